The number of benzene rings is 2. The predicted molar refractivity (Wildman–Crippen MR) is 116 cm³/mol. The number of alkyl carbamates (subject to hydrolysis) is 1. The number of esters is 1. The molecule has 1 N–H and O–H groups in total. The van der Waals surface area contributed by atoms with Gasteiger partial charge in [-0.1, -0.05) is 12.1 Å². The van der Waals surface area contributed by atoms with Crippen LogP contribution in [0.4, 0.5) is 18.0 Å². The summed E-state index contributed by atoms with van der Waals surface area (Å²) in [7, 11) is 1.32. The summed E-state index contributed by atoms with van der Waals surface area (Å²) in [6.07, 6.45) is -1.80. The highest BCUT2D eigenvalue weighted by molar-refractivity contribution is 5.81. The standard InChI is InChI=1S/C24H28F3NO5/c1-13(28-23(30)33-24(3,4)5)22(29)32-14(2)21(17-9-7-15(25)11-19(17)27)18-10-8-16(26)12-20(18)31-6/h7-14,21H,1-6H3,(H,28,30)/t13-,14-,21+/m0/s1. The Balaban J connectivity index is 2.34. The largest absolute Gasteiger partial charge is 0.496 e. The number of halogens is 3. The molecule has 180 valence electrons. The van der Waals surface area contributed by atoms with Gasteiger partial charge >= 0.3 is 12.1 Å². The third kappa shape index (κ3) is 7.13. The number of nitrogens with one attached hydrogen (secondary N) is 1. The zero-order valence-corrected chi connectivity index (χ0v) is 19.4. The average Bonchev–Trinajstić information content (AvgIpc) is 2.69. The fourth-order valence-electron chi connectivity index (χ4n) is 3.27. The smallest absolute Gasteiger partial charge is 0.408 e. The first-order chi connectivity index (χ1) is 15.3. The lowest BCUT2D eigenvalue weighted by Gasteiger charge is -2.28. The highest BCUT2D eigenvalue weighted by atomic mass is 19.1. The van der Waals surface area contributed by atoms with Gasteiger partial charge in [0.1, 0.15) is 40.9 Å². The quantitative estimate of drug-likeness (QED) is 0.575. The molecule has 0 saturated carbocycles. The van der Waals surface area contributed by atoms with E-state index in [1.807, 2.05) is 0 Å². The minimum Gasteiger partial charge on any atom is -0.496 e. The van der Waals surface area contributed by atoms with Crippen molar-refractivity contribution in [2.24, 2.45) is 0 Å². The Bertz CT molecular complexity index is 1010. The molecule has 3 atom stereocenters. The lowest BCUT2D eigenvalue weighted by Crippen LogP contribution is -2.43. The Labute approximate surface area is 191 Å². The maximum atomic E-state index is 14.7. The average molecular weight is 467 g/mol. The number of ether oxygens (including phenoxy) is 3. The third-order valence-corrected chi connectivity index (χ3v) is 4.69. The van der Waals surface area contributed by atoms with Crippen LogP contribution in [-0.2, 0) is 14.3 Å². The van der Waals surface area contributed by atoms with Gasteiger partial charge in [0.2, 0.25) is 0 Å². The van der Waals surface area contributed by atoms with E-state index < -0.39 is 53.2 Å². The number of rotatable bonds is 7. The van der Waals surface area contributed by atoms with E-state index in [1.54, 1.807) is 20.8 Å². The monoisotopic (exact) mass is 467 g/mol. The van der Waals surface area contributed by atoms with Gasteiger partial charge in [-0.25, -0.2) is 22.8 Å². The Hall–Kier alpha value is -3.23. The van der Waals surface area contributed by atoms with E-state index in [0.29, 0.717) is 11.6 Å². The molecule has 2 aromatic carbocycles. The molecule has 33 heavy (non-hydrogen) atoms. The van der Waals surface area contributed by atoms with Gasteiger partial charge in [0.05, 0.1) is 13.0 Å². The summed E-state index contributed by atoms with van der Waals surface area (Å²) >= 11 is 0. The van der Waals surface area contributed by atoms with Crippen LogP contribution in [0.5, 0.6) is 5.75 Å². The molecule has 0 aliphatic heterocycles. The second-order valence-corrected chi connectivity index (χ2v) is 8.54. The molecule has 0 saturated heterocycles. The van der Waals surface area contributed by atoms with Gasteiger partial charge in [0.15, 0.2) is 0 Å². The second-order valence-electron chi connectivity index (χ2n) is 8.54. The molecule has 0 heterocycles. The molecule has 2 rings (SSSR count). The summed E-state index contributed by atoms with van der Waals surface area (Å²) in [6, 6.07) is 5.59. The number of hydrogen-bond donors (Lipinski definition) is 1. The van der Waals surface area contributed by atoms with E-state index in [4.69, 9.17) is 14.2 Å². The molecular weight excluding hydrogens is 439 g/mol. The molecule has 0 unspecified atom stereocenters. The molecule has 0 fully saturated rings. The van der Waals surface area contributed by atoms with Crippen molar-refractivity contribution in [3.63, 3.8) is 0 Å². The van der Waals surface area contributed by atoms with Crippen molar-refractivity contribution in [3.8, 4) is 5.75 Å². The number of methoxy groups -OCH3 is 1. The van der Waals surface area contributed by atoms with Crippen LogP contribution in [0, 0.1) is 17.5 Å². The Morgan fingerprint density at radius 1 is 0.939 bits per heavy atom. The summed E-state index contributed by atoms with van der Waals surface area (Å²) in [5, 5.41) is 2.38. The van der Waals surface area contributed by atoms with Gasteiger partial charge in [-0.3, -0.25) is 0 Å². The SMILES string of the molecule is COc1cc(F)ccc1[C@@H](c1ccc(F)cc1F)[C@H](C)OC(=O)[C@H](C)NC(=O)OC(C)(C)C. The minimum atomic E-state index is -1.07. The molecule has 0 aliphatic carbocycles. The van der Waals surface area contributed by atoms with Gasteiger partial charge in [-0.05, 0) is 52.3 Å². The molecule has 0 radical (unpaired) electrons. The van der Waals surface area contributed by atoms with Gasteiger partial charge in [0, 0.05) is 17.7 Å². The van der Waals surface area contributed by atoms with Gasteiger partial charge in [-0.15, -0.1) is 0 Å². The van der Waals surface area contributed by atoms with Crippen LogP contribution in [0.1, 0.15) is 51.7 Å². The third-order valence-electron chi connectivity index (χ3n) is 4.69. The van der Waals surface area contributed by atoms with Crippen molar-refractivity contribution in [3.05, 3.63) is 65.0 Å². The van der Waals surface area contributed by atoms with E-state index in [-0.39, 0.29) is 11.3 Å². The molecule has 0 aliphatic rings. The van der Waals surface area contributed by atoms with Crippen molar-refractivity contribution in [1.82, 2.24) is 5.32 Å². The number of carbonyl (C=O) groups excluding carboxylic acids is 2. The van der Waals surface area contributed by atoms with Crippen molar-refractivity contribution in [1.29, 1.82) is 0 Å². The first-order valence-electron chi connectivity index (χ1n) is 10.3. The first kappa shape index (κ1) is 26.0. The van der Waals surface area contributed by atoms with E-state index in [0.717, 1.165) is 18.2 Å². The maximum absolute atomic E-state index is 14.7. The summed E-state index contributed by atoms with van der Waals surface area (Å²) in [5.41, 5.74) is -0.405. The predicted octanol–water partition coefficient (Wildman–Crippen LogP) is 5.09. The summed E-state index contributed by atoms with van der Waals surface area (Å²) in [5.74, 6) is -3.88. The van der Waals surface area contributed by atoms with Crippen molar-refractivity contribution in [2.45, 2.75) is 58.3 Å². The first-order valence-corrected chi connectivity index (χ1v) is 10.3. The zero-order chi connectivity index (χ0) is 24.9. The highest BCUT2D eigenvalue weighted by Gasteiger charge is 2.32. The maximum Gasteiger partial charge on any atom is 0.408 e. The second kappa shape index (κ2) is 10.6. The number of carbonyl (C=O) groups is 2. The van der Waals surface area contributed by atoms with Crippen LogP contribution in [0.25, 0.3) is 0 Å². The van der Waals surface area contributed by atoms with Gasteiger partial charge < -0.3 is 19.5 Å². The molecule has 6 nitrogen and oxygen atoms in total. The summed E-state index contributed by atoms with van der Waals surface area (Å²) in [6.45, 7) is 7.94. The molecule has 1 amide bonds. The normalized spacial score (nSPS) is 14.1. The summed E-state index contributed by atoms with van der Waals surface area (Å²) in [4.78, 5) is 24.6. The van der Waals surface area contributed by atoms with Gasteiger partial charge in [-0.2, -0.15) is 0 Å². The van der Waals surface area contributed by atoms with E-state index in [9.17, 15) is 22.8 Å². The van der Waals surface area contributed by atoms with Crippen molar-refractivity contribution >= 4 is 12.1 Å². The van der Waals surface area contributed by atoms with Crippen LogP contribution in [0.3, 0.4) is 0 Å². The molecule has 0 aromatic heterocycles. The van der Waals surface area contributed by atoms with Crippen LogP contribution in [0.15, 0.2) is 36.4 Å². The number of hydrogen-bond acceptors (Lipinski definition) is 5. The lowest BCUT2D eigenvalue weighted by molar-refractivity contribution is -0.151. The summed E-state index contributed by atoms with van der Waals surface area (Å²) < 4.78 is 57.9. The fourth-order valence-corrected chi connectivity index (χ4v) is 3.27. The van der Waals surface area contributed by atoms with Crippen LogP contribution in [0.2, 0.25) is 0 Å². The Morgan fingerprint density at radius 2 is 1.52 bits per heavy atom. The number of amides is 1. The highest BCUT2D eigenvalue weighted by Crippen LogP contribution is 2.37. The van der Waals surface area contributed by atoms with Crippen molar-refractivity contribution < 1.29 is 37.0 Å². The minimum absolute atomic E-state index is 0.0226. The molecular formula is C24H28F3NO5. The topological polar surface area (TPSA) is 73.9 Å². The van der Waals surface area contributed by atoms with Crippen molar-refractivity contribution in [2.75, 3.05) is 7.11 Å². The van der Waals surface area contributed by atoms with E-state index in [1.165, 1.54) is 33.1 Å². The molecule has 9 heteroatoms. The van der Waals surface area contributed by atoms with Crippen LogP contribution >= 0.6 is 0 Å². The zero-order valence-electron chi connectivity index (χ0n) is 19.4. The molecule has 0 bridgehead atoms. The fraction of sp³-hybridized carbons (Fsp3) is 0.417. The van der Waals surface area contributed by atoms with Gasteiger partial charge in [0.25, 0.3) is 0 Å². The molecule has 0 spiro atoms. The van der Waals surface area contributed by atoms with E-state index in [2.05, 4.69) is 5.32 Å². The Kier molecular flexibility index (Phi) is 8.35. The lowest BCUT2D eigenvalue weighted by atomic mass is 9.86. The van der Waals surface area contributed by atoms with E-state index >= 15 is 0 Å². The van der Waals surface area contributed by atoms with Crippen LogP contribution < -0.4 is 10.1 Å². The Morgan fingerprint density at radius 3 is 2.06 bits per heavy atom. The molecule has 2 aromatic rings. The van der Waals surface area contributed by atoms with Crippen LogP contribution in [-0.4, -0.2) is 36.9 Å².